The number of rotatable bonds is 5. The predicted octanol–water partition coefficient (Wildman–Crippen LogP) is 3.96. The second-order valence-electron chi connectivity index (χ2n) is 7.12. The predicted molar refractivity (Wildman–Crippen MR) is 102 cm³/mol. The van der Waals surface area contributed by atoms with Crippen LogP contribution in [-0.2, 0) is 6.18 Å². The van der Waals surface area contributed by atoms with Gasteiger partial charge in [0.15, 0.2) is 5.69 Å². The Morgan fingerprint density at radius 3 is 2.63 bits per heavy atom. The molecule has 1 aromatic carbocycles. The summed E-state index contributed by atoms with van der Waals surface area (Å²) in [6, 6.07) is 2.67. The molecule has 1 fully saturated rings. The van der Waals surface area contributed by atoms with Gasteiger partial charge < -0.3 is 14.6 Å². The molecule has 2 aromatic rings. The lowest BCUT2D eigenvalue weighted by atomic mass is 10.0. The van der Waals surface area contributed by atoms with Crippen molar-refractivity contribution in [2.75, 3.05) is 26.2 Å². The number of nitrogens with zero attached hydrogens (tertiary/aromatic N) is 2. The molecule has 2 aliphatic rings. The highest BCUT2D eigenvalue weighted by Gasteiger charge is 2.34. The Bertz CT molecular complexity index is 1040. The van der Waals surface area contributed by atoms with Crippen molar-refractivity contribution in [3.63, 3.8) is 0 Å². The highest BCUT2D eigenvalue weighted by Crippen LogP contribution is 2.37. The van der Waals surface area contributed by atoms with Gasteiger partial charge in [0.05, 0.1) is 21.8 Å². The molecule has 0 saturated carbocycles. The van der Waals surface area contributed by atoms with Crippen LogP contribution in [0.5, 0.6) is 0 Å². The van der Waals surface area contributed by atoms with E-state index in [0.717, 1.165) is 56.8 Å². The third-order valence-corrected chi connectivity index (χ3v) is 5.38. The Labute approximate surface area is 174 Å². The van der Waals surface area contributed by atoms with Gasteiger partial charge in [0.2, 0.25) is 23.2 Å². The number of alkyl halides is 3. The third-order valence-electron chi connectivity index (χ3n) is 5.05. The van der Waals surface area contributed by atoms with Crippen LogP contribution in [0.2, 0.25) is 5.02 Å². The maximum atomic E-state index is 13.0. The van der Waals surface area contributed by atoms with Crippen LogP contribution in [0.1, 0.15) is 39.4 Å². The van der Waals surface area contributed by atoms with E-state index in [4.69, 9.17) is 16.0 Å². The van der Waals surface area contributed by atoms with Crippen molar-refractivity contribution in [3.8, 4) is 11.5 Å². The van der Waals surface area contributed by atoms with E-state index >= 15 is 0 Å². The largest absolute Gasteiger partial charge is 0.432 e. The van der Waals surface area contributed by atoms with Crippen molar-refractivity contribution in [1.82, 2.24) is 15.2 Å². The number of hydrogen-bond donors (Lipinski definition) is 1. The van der Waals surface area contributed by atoms with Gasteiger partial charge in [-0.2, -0.15) is 13.2 Å². The van der Waals surface area contributed by atoms with Crippen molar-refractivity contribution in [1.29, 1.82) is 0 Å². The van der Waals surface area contributed by atoms with Crippen molar-refractivity contribution in [2.24, 2.45) is 0 Å². The number of halogens is 4. The summed E-state index contributed by atoms with van der Waals surface area (Å²) < 4.78 is 44.5. The minimum Gasteiger partial charge on any atom is -0.432 e. The minimum atomic E-state index is -4.59. The summed E-state index contributed by atoms with van der Waals surface area (Å²) in [5, 5.41) is 2.90. The molecule has 1 N–H and O–H groups in total. The molecular formula is C20H17ClF3N3O3. The third kappa shape index (κ3) is 3.99. The van der Waals surface area contributed by atoms with E-state index in [1.807, 2.05) is 0 Å². The average molecular weight is 440 g/mol. The first-order chi connectivity index (χ1) is 14.2. The molecule has 2 heterocycles. The lowest BCUT2D eigenvalue weighted by molar-refractivity contribution is -0.137. The first-order valence-corrected chi connectivity index (χ1v) is 9.77. The summed E-state index contributed by atoms with van der Waals surface area (Å²) in [4.78, 5) is 31.3. The van der Waals surface area contributed by atoms with Gasteiger partial charge >= 0.3 is 6.18 Å². The highest BCUT2D eigenvalue weighted by molar-refractivity contribution is 6.33. The number of allylic oxidation sites excluding steroid dienone is 2. The van der Waals surface area contributed by atoms with Crippen LogP contribution >= 0.6 is 11.6 Å². The smallest absolute Gasteiger partial charge is 0.416 e. The molecule has 0 spiro atoms. The summed E-state index contributed by atoms with van der Waals surface area (Å²) in [5.41, 5.74) is -1.26. The Hall–Kier alpha value is -2.65. The lowest BCUT2D eigenvalue weighted by Crippen LogP contribution is -2.33. The molecule has 1 aromatic heterocycles. The molecule has 158 valence electrons. The number of hydrogen-bond acceptors (Lipinski definition) is 6. The maximum Gasteiger partial charge on any atom is 0.416 e. The molecule has 0 unspecified atom stereocenters. The molecule has 0 bridgehead atoms. The van der Waals surface area contributed by atoms with E-state index in [-0.39, 0.29) is 33.6 Å². The molecule has 0 atom stereocenters. The van der Waals surface area contributed by atoms with Gasteiger partial charge in [-0.05, 0) is 44.1 Å². The number of carbonyl (C=O) groups excluding carboxylic acids is 2. The van der Waals surface area contributed by atoms with Crippen molar-refractivity contribution < 1.29 is 27.2 Å². The van der Waals surface area contributed by atoms with E-state index in [9.17, 15) is 22.8 Å². The Balaban J connectivity index is 1.57. The molecule has 10 heteroatoms. The van der Waals surface area contributed by atoms with Gasteiger partial charge in [-0.1, -0.05) is 11.6 Å². The number of fused-ring (bicyclic) bond motifs is 1. The van der Waals surface area contributed by atoms with E-state index in [1.54, 1.807) is 0 Å². The topological polar surface area (TPSA) is 75.4 Å². The van der Waals surface area contributed by atoms with Gasteiger partial charge in [-0.15, -0.1) is 0 Å². The number of benzene rings is 1. The van der Waals surface area contributed by atoms with Crippen LogP contribution < -0.4 is 5.32 Å². The van der Waals surface area contributed by atoms with Gasteiger partial charge in [-0.3, -0.25) is 9.59 Å². The first kappa shape index (κ1) is 20.6. The minimum absolute atomic E-state index is 0.0431. The standard InChI is InChI=1S/C20H17ClF3N3O3/c21-13-4-3-11(20(22,23)24)9-12(13)19-26-16-15(28)10-14(17(29)18(16)30-19)25-5-8-27-6-1-2-7-27/h3-4,9-10,25H,1-2,5-8H2. The van der Waals surface area contributed by atoms with Crippen LogP contribution in [0.15, 0.2) is 34.4 Å². The Morgan fingerprint density at radius 1 is 1.20 bits per heavy atom. The molecule has 6 nitrogen and oxygen atoms in total. The summed E-state index contributed by atoms with van der Waals surface area (Å²) in [6.45, 7) is 3.20. The van der Waals surface area contributed by atoms with Gasteiger partial charge in [0.25, 0.3) is 0 Å². The summed E-state index contributed by atoms with van der Waals surface area (Å²) >= 11 is 6.01. The second kappa shape index (κ2) is 7.88. The van der Waals surface area contributed by atoms with Crippen molar-refractivity contribution in [2.45, 2.75) is 19.0 Å². The summed E-state index contributed by atoms with van der Waals surface area (Å²) in [5.74, 6) is -1.77. The fourth-order valence-corrected chi connectivity index (χ4v) is 3.69. The molecule has 1 aliphatic heterocycles. The van der Waals surface area contributed by atoms with Crippen LogP contribution in [-0.4, -0.2) is 47.6 Å². The Morgan fingerprint density at radius 2 is 1.93 bits per heavy atom. The molecule has 30 heavy (non-hydrogen) atoms. The summed E-state index contributed by atoms with van der Waals surface area (Å²) in [6.07, 6.45) is -1.18. The zero-order valence-electron chi connectivity index (χ0n) is 15.7. The number of likely N-dealkylation sites (tertiary alicyclic amines) is 1. The first-order valence-electron chi connectivity index (χ1n) is 9.39. The van der Waals surface area contributed by atoms with E-state index in [0.29, 0.717) is 6.54 Å². The maximum absolute atomic E-state index is 13.0. The zero-order valence-corrected chi connectivity index (χ0v) is 16.4. The number of carbonyl (C=O) groups is 2. The fraction of sp³-hybridized carbons (Fsp3) is 0.350. The van der Waals surface area contributed by atoms with E-state index in [1.165, 1.54) is 0 Å². The van der Waals surface area contributed by atoms with Gasteiger partial charge in [-0.25, -0.2) is 4.98 Å². The normalized spacial score (nSPS) is 17.3. The molecule has 0 radical (unpaired) electrons. The quantitative estimate of drug-likeness (QED) is 0.760. The molecule has 1 saturated heterocycles. The molecular weight excluding hydrogens is 423 g/mol. The summed E-state index contributed by atoms with van der Waals surface area (Å²) in [7, 11) is 0. The zero-order chi connectivity index (χ0) is 21.5. The molecule has 0 amide bonds. The number of Topliss-reactive ketones (excluding diaryl/α,β-unsaturated/α-hetero) is 1. The van der Waals surface area contributed by atoms with Gasteiger partial charge in [0.1, 0.15) is 0 Å². The number of ketones is 2. The van der Waals surface area contributed by atoms with Crippen LogP contribution in [0, 0.1) is 0 Å². The Kier molecular flexibility index (Phi) is 5.42. The number of aromatic nitrogens is 1. The van der Waals surface area contributed by atoms with Crippen LogP contribution in [0.25, 0.3) is 11.5 Å². The van der Waals surface area contributed by atoms with Crippen LogP contribution in [0.3, 0.4) is 0 Å². The highest BCUT2D eigenvalue weighted by atomic mass is 35.5. The number of oxazole rings is 1. The second-order valence-corrected chi connectivity index (χ2v) is 7.52. The molecule has 4 rings (SSSR count). The SMILES string of the molecule is O=C1C=C(NCCN2CCCC2)C(=O)c2oc(-c3cc(C(F)(F)F)ccc3Cl)nc21. The fourth-order valence-electron chi connectivity index (χ4n) is 3.50. The van der Waals surface area contributed by atoms with Gasteiger partial charge in [0, 0.05) is 19.2 Å². The van der Waals surface area contributed by atoms with Crippen LogP contribution in [0.4, 0.5) is 13.2 Å². The monoisotopic (exact) mass is 439 g/mol. The van der Waals surface area contributed by atoms with E-state index < -0.39 is 23.3 Å². The number of nitrogens with one attached hydrogen (secondary N) is 1. The molecule has 1 aliphatic carbocycles. The van der Waals surface area contributed by atoms with Crippen molar-refractivity contribution in [3.05, 3.63) is 52.0 Å². The van der Waals surface area contributed by atoms with Crippen molar-refractivity contribution >= 4 is 23.2 Å². The lowest BCUT2D eigenvalue weighted by Gasteiger charge is -2.17. The van der Waals surface area contributed by atoms with E-state index in [2.05, 4.69) is 15.2 Å². The average Bonchev–Trinajstić information content (AvgIpc) is 3.35.